The third-order valence-electron chi connectivity index (χ3n) is 3.16. The summed E-state index contributed by atoms with van der Waals surface area (Å²) in [5, 5.41) is 15.4. The van der Waals surface area contributed by atoms with E-state index in [0.717, 1.165) is 0 Å². The number of aliphatic hydroxyl groups is 1. The van der Waals surface area contributed by atoms with Gasteiger partial charge in [0.15, 0.2) is 17.2 Å². The SMILES string of the molecule is Cn1nc(C(=O)NCCO)c(=O)c2cc3c(cc21)OCO3. The van der Waals surface area contributed by atoms with Gasteiger partial charge < -0.3 is 19.9 Å². The highest BCUT2D eigenvalue weighted by molar-refractivity contribution is 5.95. The average molecular weight is 291 g/mol. The molecule has 1 aliphatic heterocycles. The van der Waals surface area contributed by atoms with E-state index in [9.17, 15) is 9.59 Å². The lowest BCUT2D eigenvalue weighted by molar-refractivity contribution is 0.0937. The van der Waals surface area contributed by atoms with Gasteiger partial charge in [-0.3, -0.25) is 14.3 Å². The zero-order chi connectivity index (χ0) is 15.0. The van der Waals surface area contributed by atoms with E-state index in [4.69, 9.17) is 14.6 Å². The van der Waals surface area contributed by atoms with Crippen molar-refractivity contribution in [3.8, 4) is 11.5 Å². The van der Waals surface area contributed by atoms with Crippen LogP contribution in [0.3, 0.4) is 0 Å². The van der Waals surface area contributed by atoms with Crippen LogP contribution in [0.25, 0.3) is 10.9 Å². The third kappa shape index (κ3) is 2.19. The zero-order valence-corrected chi connectivity index (χ0v) is 11.3. The lowest BCUT2D eigenvalue weighted by Gasteiger charge is -2.08. The molecule has 0 fully saturated rings. The second kappa shape index (κ2) is 5.06. The van der Waals surface area contributed by atoms with Crippen LogP contribution in [0, 0.1) is 0 Å². The van der Waals surface area contributed by atoms with Gasteiger partial charge in [-0.2, -0.15) is 5.10 Å². The number of carbonyl (C=O) groups is 1. The fraction of sp³-hybridized carbons (Fsp3) is 0.308. The molecule has 0 unspecified atom stereocenters. The summed E-state index contributed by atoms with van der Waals surface area (Å²) < 4.78 is 11.9. The molecule has 0 saturated carbocycles. The first kappa shape index (κ1) is 13.4. The first-order valence-corrected chi connectivity index (χ1v) is 6.31. The fourth-order valence-corrected chi connectivity index (χ4v) is 2.16. The van der Waals surface area contributed by atoms with Gasteiger partial charge in [-0.05, 0) is 6.07 Å². The predicted molar refractivity (Wildman–Crippen MR) is 72.5 cm³/mol. The van der Waals surface area contributed by atoms with Crippen molar-refractivity contribution in [3.63, 3.8) is 0 Å². The molecule has 0 atom stereocenters. The van der Waals surface area contributed by atoms with E-state index in [1.807, 2.05) is 0 Å². The van der Waals surface area contributed by atoms with Gasteiger partial charge >= 0.3 is 0 Å². The van der Waals surface area contributed by atoms with Gasteiger partial charge in [0, 0.05) is 19.7 Å². The number of nitrogens with one attached hydrogen (secondary N) is 1. The second-order valence-electron chi connectivity index (χ2n) is 4.50. The molecule has 1 aliphatic rings. The number of nitrogens with zero attached hydrogens (tertiary/aromatic N) is 2. The largest absolute Gasteiger partial charge is 0.454 e. The zero-order valence-electron chi connectivity index (χ0n) is 11.3. The molecule has 2 N–H and O–H groups in total. The smallest absolute Gasteiger partial charge is 0.275 e. The Hall–Kier alpha value is -2.61. The van der Waals surface area contributed by atoms with Crippen LogP contribution < -0.4 is 20.2 Å². The van der Waals surface area contributed by atoms with Crippen LogP contribution in [0.2, 0.25) is 0 Å². The van der Waals surface area contributed by atoms with Gasteiger partial charge in [0.25, 0.3) is 5.91 Å². The highest BCUT2D eigenvalue weighted by atomic mass is 16.7. The third-order valence-corrected chi connectivity index (χ3v) is 3.16. The molecule has 2 aromatic rings. The molecule has 2 heterocycles. The molecule has 8 heteroatoms. The molecule has 1 aromatic heterocycles. The van der Waals surface area contributed by atoms with Crippen molar-refractivity contribution >= 4 is 16.8 Å². The molecule has 21 heavy (non-hydrogen) atoms. The Balaban J connectivity index is 2.17. The van der Waals surface area contributed by atoms with E-state index >= 15 is 0 Å². The molecule has 0 bridgehead atoms. The van der Waals surface area contributed by atoms with Crippen molar-refractivity contribution in [3.05, 3.63) is 28.0 Å². The topological polar surface area (TPSA) is 103 Å². The highest BCUT2D eigenvalue weighted by Crippen LogP contribution is 2.34. The number of ether oxygens (including phenoxy) is 2. The highest BCUT2D eigenvalue weighted by Gasteiger charge is 2.20. The fourth-order valence-electron chi connectivity index (χ4n) is 2.16. The molecule has 0 aliphatic carbocycles. The minimum absolute atomic E-state index is 0.0584. The summed E-state index contributed by atoms with van der Waals surface area (Å²) in [5.74, 6) is 0.383. The molecule has 1 aromatic carbocycles. The first-order valence-electron chi connectivity index (χ1n) is 6.31. The maximum Gasteiger partial charge on any atom is 0.275 e. The number of aromatic nitrogens is 2. The normalized spacial score (nSPS) is 12.7. The number of aryl methyl sites for hydroxylation is 1. The lowest BCUT2D eigenvalue weighted by Crippen LogP contribution is -2.33. The first-order chi connectivity index (χ1) is 10.1. The molecular formula is C13H13N3O5. The van der Waals surface area contributed by atoms with Crippen LogP contribution in [0.1, 0.15) is 10.5 Å². The summed E-state index contributed by atoms with van der Waals surface area (Å²) in [5.41, 5.74) is -0.169. The standard InChI is InChI=1S/C13H13N3O5/c1-16-8-5-10-9(20-6-21-10)4-7(8)12(18)11(15-16)13(19)14-2-3-17/h4-5,17H,2-3,6H2,1H3,(H,14,19). The minimum Gasteiger partial charge on any atom is -0.454 e. The van der Waals surface area contributed by atoms with Gasteiger partial charge in [-0.1, -0.05) is 0 Å². The summed E-state index contributed by atoms with van der Waals surface area (Å²) >= 11 is 0. The lowest BCUT2D eigenvalue weighted by atomic mass is 10.1. The van der Waals surface area contributed by atoms with Crippen LogP contribution in [0.5, 0.6) is 11.5 Å². The van der Waals surface area contributed by atoms with E-state index < -0.39 is 11.3 Å². The molecule has 110 valence electrons. The summed E-state index contributed by atoms with van der Waals surface area (Å²) in [4.78, 5) is 24.3. The van der Waals surface area contributed by atoms with E-state index in [2.05, 4.69) is 10.4 Å². The van der Waals surface area contributed by atoms with Crippen LogP contribution in [-0.2, 0) is 7.05 Å². The molecule has 0 radical (unpaired) electrons. The van der Waals surface area contributed by atoms with E-state index in [1.54, 1.807) is 19.2 Å². The molecule has 0 saturated heterocycles. The van der Waals surface area contributed by atoms with Crippen molar-refractivity contribution in [1.82, 2.24) is 15.1 Å². The van der Waals surface area contributed by atoms with Gasteiger partial charge in [0.2, 0.25) is 12.2 Å². The van der Waals surface area contributed by atoms with Crippen LogP contribution in [0.4, 0.5) is 0 Å². The van der Waals surface area contributed by atoms with Crippen LogP contribution in [-0.4, -0.2) is 40.7 Å². The van der Waals surface area contributed by atoms with E-state index in [0.29, 0.717) is 22.4 Å². The van der Waals surface area contributed by atoms with Crippen molar-refractivity contribution in [2.24, 2.45) is 7.05 Å². The Bertz CT molecular complexity index is 783. The maximum atomic E-state index is 12.4. The maximum absolute atomic E-state index is 12.4. The average Bonchev–Trinajstić information content (AvgIpc) is 2.94. The summed E-state index contributed by atoms with van der Waals surface area (Å²) in [6.07, 6.45) is 0. The van der Waals surface area contributed by atoms with Gasteiger partial charge in [0.1, 0.15) is 0 Å². The van der Waals surface area contributed by atoms with Crippen molar-refractivity contribution in [2.45, 2.75) is 0 Å². The molecule has 3 rings (SSSR count). The molecule has 8 nitrogen and oxygen atoms in total. The minimum atomic E-state index is -0.621. The number of carbonyl (C=O) groups excluding carboxylic acids is 1. The number of hydrogen-bond acceptors (Lipinski definition) is 6. The van der Waals surface area contributed by atoms with Gasteiger partial charge in [0.05, 0.1) is 17.5 Å². The Labute approximate surface area is 118 Å². The number of aliphatic hydroxyl groups excluding tert-OH is 1. The quantitative estimate of drug-likeness (QED) is 0.781. The molecule has 1 amide bonds. The Kier molecular flexibility index (Phi) is 3.22. The van der Waals surface area contributed by atoms with Gasteiger partial charge in [-0.25, -0.2) is 0 Å². The monoisotopic (exact) mass is 291 g/mol. The Morgan fingerprint density at radius 3 is 2.86 bits per heavy atom. The number of fused-ring (bicyclic) bond motifs is 2. The van der Waals surface area contributed by atoms with Crippen LogP contribution >= 0.6 is 0 Å². The van der Waals surface area contributed by atoms with Crippen molar-refractivity contribution in [1.29, 1.82) is 0 Å². The Morgan fingerprint density at radius 1 is 1.43 bits per heavy atom. The van der Waals surface area contributed by atoms with E-state index in [-0.39, 0.29) is 25.6 Å². The van der Waals surface area contributed by atoms with E-state index in [1.165, 1.54) is 4.68 Å². The molecule has 0 spiro atoms. The number of hydrogen-bond donors (Lipinski definition) is 2. The van der Waals surface area contributed by atoms with Crippen molar-refractivity contribution in [2.75, 3.05) is 19.9 Å². The number of rotatable bonds is 3. The van der Waals surface area contributed by atoms with Crippen molar-refractivity contribution < 1.29 is 19.4 Å². The number of benzene rings is 1. The second-order valence-corrected chi connectivity index (χ2v) is 4.50. The summed E-state index contributed by atoms with van der Waals surface area (Å²) in [7, 11) is 1.63. The number of amides is 1. The Morgan fingerprint density at radius 2 is 2.14 bits per heavy atom. The van der Waals surface area contributed by atoms with Crippen LogP contribution in [0.15, 0.2) is 16.9 Å². The van der Waals surface area contributed by atoms with Gasteiger partial charge in [-0.15, -0.1) is 0 Å². The molecular weight excluding hydrogens is 278 g/mol. The summed E-state index contributed by atoms with van der Waals surface area (Å²) in [6, 6.07) is 3.20. The summed E-state index contributed by atoms with van der Waals surface area (Å²) in [6.45, 7) is -0.0536. The predicted octanol–water partition coefficient (Wildman–Crippen LogP) is -0.616.